The third-order valence-electron chi connectivity index (χ3n) is 1.72. The van der Waals surface area contributed by atoms with Crippen molar-refractivity contribution in [3.05, 3.63) is 29.3 Å². The molecular formula is C9H9ClO2. The predicted molar refractivity (Wildman–Crippen MR) is 46.4 cm³/mol. The van der Waals surface area contributed by atoms with Crippen molar-refractivity contribution in [3.63, 3.8) is 0 Å². The molecule has 12 heavy (non-hydrogen) atoms. The highest BCUT2D eigenvalue weighted by molar-refractivity contribution is 6.30. The van der Waals surface area contributed by atoms with Gasteiger partial charge in [-0.25, -0.2) is 0 Å². The van der Waals surface area contributed by atoms with Crippen molar-refractivity contribution in [2.75, 3.05) is 6.61 Å². The molecule has 1 aliphatic heterocycles. The molecule has 0 amide bonds. The maximum Gasteiger partial charge on any atom is 0.202 e. The molecule has 1 aromatic carbocycles. The first-order valence-corrected chi connectivity index (χ1v) is 4.26. The Morgan fingerprint density at radius 1 is 1.50 bits per heavy atom. The Morgan fingerprint density at radius 3 is 2.92 bits per heavy atom. The molecule has 0 aromatic heterocycles. The van der Waals surface area contributed by atoms with Gasteiger partial charge in [-0.2, -0.15) is 0 Å². The van der Waals surface area contributed by atoms with Gasteiger partial charge in [0, 0.05) is 11.4 Å². The fraction of sp³-hybridized carbons (Fsp3) is 0.333. The highest BCUT2D eigenvalue weighted by Gasteiger charge is 2.19. The molecule has 1 fully saturated rings. The molecule has 1 saturated heterocycles. The van der Waals surface area contributed by atoms with E-state index < -0.39 is 0 Å². The first-order valence-electron chi connectivity index (χ1n) is 3.88. The number of hydrogen-bond donors (Lipinski definition) is 0. The van der Waals surface area contributed by atoms with E-state index in [4.69, 9.17) is 21.1 Å². The zero-order valence-corrected chi connectivity index (χ0v) is 7.25. The summed E-state index contributed by atoms with van der Waals surface area (Å²) in [5, 5.41) is 0.687. The molecule has 1 unspecified atom stereocenters. The van der Waals surface area contributed by atoms with Crippen LogP contribution in [0.25, 0.3) is 0 Å². The van der Waals surface area contributed by atoms with E-state index >= 15 is 0 Å². The minimum Gasteiger partial charge on any atom is -0.465 e. The molecule has 0 aliphatic carbocycles. The Labute approximate surface area is 76.1 Å². The van der Waals surface area contributed by atoms with E-state index in [1.165, 1.54) is 0 Å². The van der Waals surface area contributed by atoms with Gasteiger partial charge in [-0.05, 0) is 18.2 Å². The van der Waals surface area contributed by atoms with Crippen LogP contribution in [-0.2, 0) is 4.74 Å². The summed E-state index contributed by atoms with van der Waals surface area (Å²) in [7, 11) is 0. The topological polar surface area (TPSA) is 18.5 Å². The number of rotatable bonds is 2. The Balaban J connectivity index is 2.02. The summed E-state index contributed by atoms with van der Waals surface area (Å²) >= 11 is 5.77. The van der Waals surface area contributed by atoms with E-state index in [2.05, 4.69) is 0 Å². The van der Waals surface area contributed by atoms with E-state index in [0.717, 1.165) is 18.8 Å². The minimum atomic E-state index is -0.0662. The van der Waals surface area contributed by atoms with E-state index in [0.29, 0.717) is 5.02 Å². The van der Waals surface area contributed by atoms with Gasteiger partial charge >= 0.3 is 0 Å². The predicted octanol–water partition coefficient (Wildman–Crippen LogP) is 2.47. The van der Waals surface area contributed by atoms with Crippen molar-refractivity contribution in [2.45, 2.75) is 12.7 Å². The van der Waals surface area contributed by atoms with Crippen LogP contribution in [0.1, 0.15) is 6.42 Å². The molecule has 0 N–H and O–H groups in total. The lowest BCUT2D eigenvalue weighted by atomic mass is 10.3. The Hall–Kier alpha value is -0.730. The second-order valence-corrected chi connectivity index (χ2v) is 3.10. The number of halogens is 1. The van der Waals surface area contributed by atoms with E-state index in [1.807, 2.05) is 18.2 Å². The Bertz CT molecular complexity index is 271. The molecule has 0 bridgehead atoms. The molecule has 0 spiro atoms. The van der Waals surface area contributed by atoms with Gasteiger partial charge in [0.2, 0.25) is 6.29 Å². The highest BCUT2D eigenvalue weighted by Crippen LogP contribution is 2.21. The second kappa shape index (κ2) is 3.33. The number of ether oxygens (including phenoxy) is 2. The molecule has 1 aromatic rings. The fourth-order valence-corrected chi connectivity index (χ4v) is 1.18. The first kappa shape index (κ1) is 7.90. The van der Waals surface area contributed by atoms with Gasteiger partial charge < -0.3 is 9.47 Å². The SMILES string of the molecule is Clc1cccc(OC2CCO2)c1. The summed E-state index contributed by atoms with van der Waals surface area (Å²) in [4.78, 5) is 0. The normalized spacial score (nSPS) is 21.6. The van der Waals surface area contributed by atoms with Crippen LogP contribution in [-0.4, -0.2) is 12.9 Å². The standard InChI is InChI=1S/C9H9ClO2/c10-7-2-1-3-8(6-7)12-9-4-5-11-9/h1-3,6,9H,4-5H2. The van der Waals surface area contributed by atoms with Gasteiger partial charge in [-0.1, -0.05) is 17.7 Å². The van der Waals surface area contributed by atoms with Crippen LogP contribution in [0.5, 0.6) is 5.75 Å². The average Bonchev–Trinajstić information content (AvgIpc) is 1.97. The number of benzene rings is 1. The van der Waals surface area contributed by atoms with Gasteiger partial charge in [0.25, 0.3) is 0 Å². The molecule has 2 nitrogen and oxygen atoms in total. The first-order chi connectivity index (χ1) is 5.84. The van der Waals surface area contributed by atoms with Gasteiger partial charge in [0.1, 0.15) is 5.75 Å². The Kier molecular flexibility index (Phi) is 2.19. The number of hydrogen-bond acceptors (Lipinski definition) is 2. The molecule has 0 radical (unpaired) electrons. The van der Waals surface area contributed by atoms with Crippen LogP contribution in [0.4, 0.5) is 0 Å². The summed E-state index contributed by atoms with van der Waals surface area (Å²) in [6.45, 7) is 0.797. The third kappa shape index (κ3) is 1.71. The summed E-state index contributed by atoms with van der Waals surface area (Å²) in [6.07, 6.45) is 0.899. The average molecular weight is 185 g/mol. The summed E-state index contributed by atoms with van der Waals surface area (Å²) < 4.78 is 10.5. The molecule has 0 saturated carbocycles. The maximum absolute atomic E-state index is 5.77. The van der Waals surface area contributed by atoms with Gasteiger partial charge in [0.05, 0.1) is 6.61 Å². The van der Waals surface area contributed by atoms with Gasteiger partial charge in [-0.3, -0.25) is 0 Å². The third-order valence-corrected chi connectivity index (χ3v) is 1.96. The van der Waals surface area contributed by atoms with Crippen molar-refractivity contribution in [1.29, 1.82) is 0 Å². The van der Waals surface area contributed by atoms with Crippen LogP contribution in [0.3, 0.4) is 0 Å². The molecule has 1 atom stereocenters. The zero-order chi connectivity index (χ0) is 8.39. The fourth-order valence-electron chi connectivity index (χ4n) is 0.999. The van der Waals surface area contributed by atoms with Gasteiger partial charge in [0.15, 0.2) is 0 Å². The monoisotopic (exact) mass is 184 g/mol. The van der Waals surface area contributed by atoms with Crippen LogP contribution < -0.4 is 4.74 Å². The quantitative estimate of drug-likeness (QED) is 0.703. The second-order valence-electron chi connectivity index (χ2n) is 2.66. The lowest BCUT2D eigenvalue weighted by Crippen LogP contribution is -2.32. The molecule has 64 valence electrons. The molecule has 1 aliphatic rings. The highest BCUT2D eigenvalue weighted by atomic mass is 35.5. The van der Waals surface area contributed by atoms with Crippen molar-refractivity contribution >= 4 is 11.6 Å². The van der Waals surface area contributed by atoms with Crippen molar-refractivity contribution in [2.24, 2.45) is 0 Å². The van der Waals surface area contributed by atoms with Crippen LogP contribution in [0.15, 0.2) is 24.3 Å². The van der Waals surface area contributed by atoms with Crippen LogP contribution in [0.2, 0.25) is 5.02 Å². The molecule has 1 heterocycles. The molecule has 2 rings (SSSR count). The minimum absolute atomic E-state index is 0.0662. The molecular weight excluding hydrogens is 176 g/mol. The van der Waals surface area contributed by atoms with Crippen LogP contribution in [0, 0.1) is 0 Å². The van der Waals surface area contributed by atoms with Crippen molar-refractivity contribution in [1.82, 2.24) is 0 Å². The zero-order valence-electron chi connectivity index (χ0n) is 6.50. The lowest BCUT2D eigenvalue weighted by molar-refractivity contribution is -0.165. The van der Waals surface area contributed by atoms with E-state index in [1.54, 1.807) is 6.07 Å². The summed E-state index contributed by atoms with van der Waals surface area (Å²) in [6, 6.07) is 7.32. The van der Waals surface area contributed by atoms with E-state index in [-0.39, 0.29) is 6.29 Å². The van der Waals surface area contributed by atoms with Crippen molar-refractivity contribution < 1.29 is 9.47 Å². The van der Waals surface area contributed by atoms with Crippen LogP contribution >= 0.6 is 11.6 Å². The summed E-state index contributed by atoms with van der Waals surface area (Å²) in [5.74, 6) is 0.771. The Morgan fingerprint density at radius 2 is 2.33 bits per heavy atom. The smallest absolute Gasteiger partial charge is 0.202 e. The van der Waals surface area contributed by atoms with Gasteiger partial charge in [-0.15, -0.1) is 0 Å². The lowest BCUT2D eigenvalue weighted by Gasteiger charge is -2.26. The maximum atomic E-state index is 5.77. The molecule has 3 heteroatoms. The van der Waals surface area contributed by atoms with E-state index in [9.17, 15) is 0 Å². The largest absolute Gasteiger partial charge is 0.465 e. The summed E-state index contributed by atoms with van der Waals surface area (Å²) in [5.41, 5.74) is 0. The van der Waals surface area contributed by atoms with Crippen molar-refractivity contribution in [3.8, 4) is 5.75 Å².